The fraction of sp³-hybridized carbons (Fsp3) is 0.312. The van der Waals surface area contributed by atoms with Gasteiger partial charge in [-0.3, -0.25) is 4.79 Å². The molecule has 0 unspecified atom stereocenters. The van der Waals surface area contributed by atoms with E-state index in [0.717, 1.165) is 15.1 Å². The minimum absolute atomic E-state index is 0.0795. The first kappa shape index (κ1) is 16.2. The SMILES string of the molecule is CC1(C)[C@H](C(=O)O)N2C(=O)/C(=C\c3nc4ccccc4s3)[C@H]2S1(=O)=O. The van der Waals surface area contributed by atoms with E-state index in [1.807, 2.05) is 24.3 Å². The van der Waals surface area contributed by atoms with Gasteiger partial charge >= 0.3 is 5.97 Å². The molecule has 25 heavy (non-hydrogen) atoms. The summed E-state index contributed by atoms with van der Waals surface area (Å²) in [6.07, 6.45) is 1.46. The lowest BCUT2D eigenvalue weighted by molar-refractivity contribution is -0.152. The van der Waals surface area contributed by atoms with Crippen LogP contribution in [0, 0.1) is 0 Å². The first-order valence-electron chi connectivity index (χ1n) is 7.52. The third-order valence-electron chi connectivity index (χ3n) is 4.79. The van der Waals surface area contributed by atoms with Crippen molar-refractivity contribution in [3.63, 3.8) is 0 Å². The molecule has 2 aromatic rings. The number of carboxylic acid groups (broad SMARTS) is 1. The maximum Gasteiger partial charge on any atom is 0.328 e. The molecule has 3 heterocycles. The Morgan fingerprint density at radius 1 is 1.36 bits per heavy atom. The maximum absolute atomic E-state index is 12.8. The zero-order valence-corrected chi connectivity index (χ0v) is 15.0. The quantitative estimate of drug-likeness (QED) is 0.627. The van der Waals surface area contributed by atoms with Crippen molar-refractivity contribution in [2.45, 2.75) is 30.0 Å². The number of benzene rings is 1. The van der Waals surface area contributed by atoms with Crippen LogP contribution in [0.25, 0.3) is 16.3 Å². The lowest BCUT2D eigenvalue weighted by atomic mass is 9.95. The zero-order chi connectivity index (χ0) is 18.1. The number of sulfone groups is 1. The number of nitrogens with zero attached hydrogens (tertiary/aromatic N) is 2. The van der Waals surface area contributed by atoms with Crippen LogP contribution in [0.3, 0.4) is 0 Å². The summed E-state index contributed by atoms with van der Waals surface area (Å²) in [4.78, 5) is 29.3. The Morgan fingerprint density at radius 2 is 2.04 bits per heavy atom. The Morgan fingerprint density at radius 3 is 2.68 bits per heavy atom. The number of aromatic nitrogens is 1. The van der Waals surface area contributed by atoms with Crippen molar-refractivity contribution < 1.29 is 23.1 Å². The Kier molecular flexibility index (Phi) is 3.17. The third-order valence-corrected chi connectivity index (χ3v) is 8.53. The number of hydrogen-bond acceptors (Lipinski definition) is 6. The molecule has 1 N–H and O–H groups in total. The largest absolute Gasteiger partial charge is 0.480 e. The number of carbonyl (C=O) groups is 2. The Balaban J connectivity index is 1.81. The van der Waals surface area contributed by atoms with Gasteiger partial charge in [0, 0.05) is 0 Å². The van der Waals surface area contributed by atoms with Gasteiger partial charge < -0.3 is 10.0 Å². The van der Waals surface area contributed by atoms with Gasteiger partial charge in [-0.05, 0) is 32.1 Å². The highest BCUT2D eigenvalue weighted by atomic mass is 32.2. The fourth-order valence-corrected chi connectivity index (χ4v) is 6.47. The molecule has 4 rings (SSSR count). The molecule has 1 aromatic carbocycles. The third kappa shape index (κ3) is 1.96. The van der Waals surface area contributed by atoms with Gasteiger partial charge in [0.15, 0.2) is 21.3 Å². The summed E-state index contributed by atoms with van der Waals surface area (Å²) in [6.45, 7) is 2.70. The summed E-state index contributed by atoms with van der Waals surface area (Å²) < 4.78 is 25.0. The summed E-state index contributed by atoms with van der Waals surface area (Å²) in [7, 11) is -3.86. The number of thiazole rings is 1. The summed E-state index contributed by atoms with van der Waals surface area (Å²) in [5, 5.41) is 8.71. The van der Waals surface area contributed by atoms with Gasteiger partial charge in [-0.25, -0.2) is 18.2 Å². The summed E-state index contributed by atoms with van der Waals surface area (Å²) in [6, 6.07) is 6.05. The summed E-state index contributed by atoms with van der Waals surface area (Å²) in [5.74, 6) is -1.88. The molecule has 0 aliphatic carbocycles. The number of fused-ring (bicyclic) bond motifs is 2. The molecule has 2 aliphatic heterocycles. The van der Waals surface area contributed by atoms with E-state index in [0.29, 0.717) is 5.01 Å². The van der Waals surface area contributed by atoms with Crippen LogP contribution in [0.5, 0.6) is 0 Å². The van der Waals surface area contributed by atoms with Gasteiger partial charge in [0.1, 0.15) is 9.75 Å². The van der Waals surface area contributed by atoms with Crippen molar-refractivity contribution in [1.29, 1.82) is 0 Å². The molecule has 0 saturated carbocycles. The van der Waals surface area contributed by atoms with E-state index in [1.54, 1.807) is 0 Å². The highest BCUT2D eigenvalue weighted by molar-refractivity contribution is 7.94. The molecule has 1 aromatic heterocycles. The zero-order valence-electron chi connectivity index (χ0n) is 13.3. The van der Waals surface area contributed by atoms with Crippen molar-refractivity contribution in [3.05, 3.63) is 34.8 Å². The number of carbonyl (C=O) groups excluding carboxylic acids is 1. The molecule has 2 saturated heterocycles. The second-order valence-electron chi connectivity index (χ2n) is 6.57. The molecule has 2 atom stereocenters. The van der Waals surface area contributed by atoms with E-state index in [1.165, 1.54) is 31.3 Å². The van der Waals surface area contributed by atoms with Crippen LogP contribution < -0.4 is 0 Å². The van der Waals surface area contributed by atoms with Gasteiger partial charge in [0.2, 0.25) is 0 Å². The number of amides is 1. The fourth-order valence-electron chi connectivity index (χ4n) is 3.43. The normalized spacial score (nSPS) is 28.2. The van der Waals surface area contributed by atoms with Crippen LogP contribution >= 0.6 is 11.3 Å². The molecule has 0 spiro atoms. The number of aliphatic carboxylic acids is 1. The Labute approximate surface area is 147 Å². The predicted molar refractivity (Wildman–Crippen MR) is 92.7 cm³/mol. The van der Waals surface area contributed by atoms with Crippen molar-refractivity contribution >= 4 is 49.3 Å². The molecule has 0 bridgehead atoms. The van der Waals surface area contributed by atoms with E-state index < -0.39 is 37.9 Å². The molecule has 9 heteroatoms. The van der Waals surface area contributed by atoms with Crippen LogP contribution in [0.4, 0.5) is 0 Å². The Hall–Kier alpha value is -2.26. The van der Waals surface area contributed by atoms with Gasteiger partial charge in [0.05, 0.1) is 15.8 Å². The average molecular weight is 378 g/mol. The predicted octanol–water partition coefficient (Wildman–Crippen LogP) is 1.51. The summed E-state index contributed by atoms with van der Waals surface area (Å²) >= 11 is 1.35. The number of rotatable bonds is 2. The number of para-hydroxylation sites is 1. The first-order chi connectivity index (χ1) is 11.7. The molecule has 0 radical (unpaired) electrons. The second kappa shape index (κ2) is 4.89. The molecular weight excluding hydrogens is 364 g/mol. The van der Waals surface area contributed by atoms with E-state index in [4.69, 9.17) is 0 Å². The van der Waals surface area contributed by atoms with Crippen LogP contribution in [0.15, 0.2) is 29.8 Å². The molecular formula is C16H14N2O5S2. The lowest BCUT2D eigenvalue weighted by Crippen LogP contribution is -2.58. The van der Waals surface area contributed by atoms with Gasteiger partial charge in [-0.2, -0.15) is 0 Å². The van der Waals surface area contributed by atoms with E-state index in [2.05, 4.69) is 4.98 Å². The van der Waals surface area contributed by atoms with Gasteiger partial charge in [0.25, 0.3) is 5.91 Å². The van der Waals surface area contributed by atoms with E-state index >= 15 is 0 Å². The van der Waals surface area contributed by atoms with Crippen molar-refractivity contribution in [2.24, 2.45) is 0 Å². The van der Waals surface area contributed by atoms with Crippen LogP contribution in [0.2, 0.25) is 0 Å². The first-order valence-corrected chi connectivity index (χ1v) is 9.88. The smallest absolute Gasteiger partial charge is 0.328 e. The monoisotopic (exact) mass is 378 g/mol. The van der Waals surface area contributed by atoms with Crippen LogP contribution in [-0.2, 0) is 19.4 Å². The number of hydrogen-bond donors (Lipinski definition) is 1. The average Bonchev–Trinajstić information content (AvgIpc) is 2.99. The molecule has 2 fully saturated rings. The van der Waals surface area contributed by atoms with Crippen molar-refractivity contribution in [2.75, 3.05) is 0 Å². The number of carboxylic acids is 1. The summed E-state index contributed by atoms with van der Waals surface area (Å²) in [5.41, 5.74) is 0.844. The standard InChI is InChI=1S/C16H14N2O5S2/c1-16(2)12(15(20)21)18-13(19)8(14(18)25(16,22)23)7-11-17-9-5-3-4-6-10(9)24-11/h3-7,12,14H,1-2H3,(H,20,21)/b8-7+/t12-,14+/m0/s1. The number of β-lactam (4-membered cyclic amide) rings is 1. The van der Waals surface area contributed by atoms with Crippen molar-refractivity contribution in [1.82, 2.24) is 9.88 Å². The highest BCUT2D eigenvalue weighted by Gasteiger charge is 2.70. The van der Waals surface area contributed by atoms with Crippen LogP contribution in [0.1, 0.15) is 18.9 Å². The minimum atomic E-state index is -3.86. The van der Waals surface area contributed by atoms with Crippen LogP contribution in [-0.4, -0.2) is 51.4 Å². The second-order valence-corrected chi connectivity index (χ2v) is 10.2. The molecule has 1 amide bonds. The maximum atomic E-state index is 12.8. The topological polar surface area (TPSA) is 105 Å². The highest BCUT2D eigenvalue weighted by Crippen LogP contribution is 2.49. The van der Waals surface area contributed by atoms with E-state index in [-0.39, 0.29) is 5.57 Å². The Bertz CT molecular complexity index is 1030. The lowest BCUT2D eigenvalue weighted by Gasteiger charge is -2.37. The minimum Gasteiger partial charge on any atom is -0.480 e. The van der Waals surface area contributed by atoms with E-state index in [9.17, 15) is 23.1 Å². The molecule has 2 aliphatic rings. The van der Waals surface area contributed by atoms with Gasteiger partial charge in [-0.15, -0.1) is 11.3 Å². The van der Waals surface area contributed by atoms with Crippen molar-refractivity contribution in [3.8, 4) is 0 Å². The van der Waals surface area contributed by atoms with Gasteiger partial charge in [-0.1, -0.05) is 12.1 Å². The molecule has 130 valence electrons. The molecule has 7 nitrogen and oxygen atoms in total.